The van der Waals surface area contributed by atoms with E-state index in [4.69, 9.17) is 4.74 Å². The Morgan fingerprint density at radius 2 is 1.78 bits per heavy atom. The van der Waals surface area contributed by atoms with Crippen LogP contribution in [0.1, 0.15) is 69.8 Å². The van der Waals surface area contributed by atoms with E-state index < -0.39 is 27.4 Å². The number of hydrogen-bond donors (Lipinski definition) is 1. The van der Waals surface area contributed by atoms with Gasteiger partial charge < -0.3 is 19.5 Å². The van der Waals surface area contributed by atoms with Crippen molar-refractivity contribution in [3.8, 4) is 0 Å². The summed E-state index contributed by atoms with van der Waals surface area (Å²) in [7, 11) is -1.63. The van der Waals surface area contributed by atoms with E-state index in [1.807, 2.05) is 13.0 Å². The zero-order valence-corrected chi connectivity index (χ0v) is 27.6. The molecule has 13 heteroatoms. The molecule has 2 aromatic heterocycles. The number of ether oxygens (including phenoxy) is 1. The molecule has 10 nitrogen and oxygen atoms in total. The number of allylic oxidation sites excluding steroid dienone is 2. The number of sulfone groups is 1. The smallest absolute Gasteiger partial charge is 0.291 e. The number of pyridine rings is 1. The first-order chi connectivity index (χ1) is 21.9. The molecule has 7 rings (SSSR count). The minimum atomic E-state index is -3.15. The first-order valence-electron chi connectivity index (χ1n) is 16.6. The molecule has 0 aromatic carbocycles. The number of fused-ring (bicyclic) bond motifs is 9. The Kier molecular flexibility index (Phi) is 9.55. The van der Waals surface area contributed by atoms with Gasteiger partial charge in [0.1, 0.15) is 15.4 Å². The second kappa shape index (κ2) is 13.3. The maximum absolute atomic E-state index is 15.6. The molecule has 1 aliphatic carbocycles. The minimum absolute atomic E-state index is 0.00585. The molecule has 0 saturated carbocycles. The van der Waals surface area contributed by atoms with Crippen molar-refractivity contribution in [1.82, 2.24) is 19.2 Å². The zero-order chi connectivity index (χ0) is 32.6. The van der Waals surface area contributed by atoms with E-state index in [9.17, 15) is 18.0 Å². The van der Waals surface area contributed by atoms with Gasteiger partial charge in [0.15, 0.2) is 5.82 Å². The van der Waals surface area contributed by atoms with Crippen LogP contribution in [0.2, 0.25) is 0 Å². The molecule has 2 fully saturated rings. The summed E-state index contributed by atoms with van der Waals surface area (Å²) in [6, 6.07) is 1.29. The maximum atomic E-state index is 15.6. The molecule has 0 spiro atoms. The molecule has 1 N–H and O–H groups in total. The van der Waals surface area contributed by atoms with Crippen molar-refractivity contribution < 1.29 is 21.9 Å². The molecule has 8 bridgehead atoms. The average Bonchev–Trinajstić information content (AvgIpc) is 2.99. The molecular formula is C33H45F2N5O5S. The lowest BCUT2D eigenvalue weighted by atomic mass is 9.85. The summed E-state index contributed by atoms with van der Waals surface area (Å²) in [5.41, 5.74) is 0.830. The molecule has 0 amide bonds. The first-order valence-corrected chi connectivity index (χ1v) is 18.4. The fraction of sp³-hybridized carbons (Fsp3) is 0.667. The SMILES string of the molecule is C[C@H]1Nc2nn(C)c(=O)c3c2cc(C2CCS(=O)(=O)CC2)c(=O)n3CCCOCCCCN2CC(C2)CC(F)(F)C2=CC1=CCC2. The Morgan fingerprint density at radius 1 is 1.04 bits per heavy atom. The normalized spacial score (nSPS) is 27.8. The summed E-state index contributed by atoms with van der Waals surface area (Å²) in [4.78, 5) is 29.8. The van der Waals surface area contributed by atoms with Crippen molar-refractivity contribution in [2.24, 2.45) is 13.0 Å². The van der Waals surface area contributed by atoms with Gasteiger partial charge >= 0.3 is 0 Å². The third-order valence-corrected chi connectivity index (χ3v) is 11.7. The van der Waals surface area contributed by atoms with Gasteiger partial charge in [-0.15, -0.1) is 0 Å². The monoisotopic (exact) mass is 661 g/mol. The Bertz CT molecular complexity index is 1750. The van der Waals surface area contributed by atoms with Crippen molar-refractivity contribution in [3.63, 3.8) is 0 Å². The molecule has 0 radical (unpaired) electrons. The van der Waals surface area contributed by atoms with Gasteiger partial charge in [-0.1, -0.05) is 12.2 Å². The number of nitrogens with zero attached hydrogens (tertiary/aromatic N) is 4. The highest BCUT2D eigenvalue weighted by molar-refractivity contribution is 7.91. The van der Waals surface area contributed by atoms with Crippen LogP contribution in [0, 0.1) is 5.92 Å². The molecule has 252 valence electrons. The number of halogens is 2. The third kappa shape index (κ3) is 7.01. The molecule has 2 saturated heterocycles. The highest BCUT2D eigenvalue weighted by Gasteiger charge is 2.41. The molecule has 1 atom stereocenters. The molecule has 2 aromatic rings. The van der Waals surface area contributed by atoms with E-state index in [-0.39, 0.29) is 53.0 Å². The molecular weight excluding hydrogens is 616 g/mol. The fourth-order valence-corrected chi connectivity index (χ4v) is 8.86. The van der Waals surface area contributed by atoms with Crippen LogP contribution in [-0.2, 0) is 28.2 Å². The molecule has 46 heavy (non-hydrogen) atoms. The van der Waals surface area contributed by atoms with E-state index >= 15 is 8.78 Å². The molecule has 4 aliphatic heterocycles. The van der Waals surface area contributed by atoms with Gasteiger partial charge in [0, 0.05) is 63.3 Å². The van der Waals surface area contributed by atoms with E-state index in [1.54, 1.807) is 12.1 Å². The van der Waals surface area contributed by atoms with Gasteiger partial charge in [-0.3, -0.25) is 9.59 Å². The summed E-state index contributed by atoms with van der Waals surface area (Å²) >= 11 is 0. The lowest BCUT2D eigenvalue weighted by Gasteiger charge is -2.41. The summed E-state index contributed by atoms with van der Waals surface area (Å²) < 4.78 is 64.1. The van der Waals surface area contributed by atoms with E-state index in [1.165, 1.54) is 16.3 Å². The van der Waals surface area contributed by atoms with E-state index in [0.717, 1.165) is 25.0 Å². The second-order valence-corrected chi connectivity index (χ2v) is 15.8. The van der Waals surface area contributed by atoms with Crippen molar-refractivity contribution >= 4 is 26.6 Å². The van der Waals surface area contributed by atoms with Crippen LogP contribution in [0.4, 0.5) is 14.6 Å². The molecule has 0 unspecified atom stereocenters. The predicted molar refractivity (Wildman–Crippen MR) is 175 cm³/mol. The van der Waals surface area contributed by atoms with Crippen LogP contribution < -0.4 is 16.4 Å². The summed E-state index contributed by atoms with van der Waals surface area (Å²) in [5, 5.41) is 8.37. The minimum Gasteiger partial charge on any atom is -0.381 e. The fourth-order valence-electron chi connectivity index (χ4n) is 7.37. The van der Waals surface area contributed by atoms with E-state index in [0.29, 0.717) is 75.2 Å². The first kappa shape index (κ1) is 33.0. The number of rotatable bonds is 1. The van der Waals surface area contributed by atoms with Crippen molar-refractivity contribution in [2.75, 3.05) is 49.7 Å². The number of aryl methyl sites for hydroxylation is 2. The van der Waals surface area contributed by atoms with Crippen LogP contribution in [0.3, 0.4) is 0 Å². The summed E-state index contributed by atoms with van der Waals surface area (Å²) in [5.74, 6) is -2.80. The van der Waals surface area contributed by atoms with Gasteiger partial charge in [0.2, 0.25) is 0 Å². The number of aromatic nitrogens is 3. The highest BCUT2D eigenvalue weighted by Crippen LogP contribution is 2.40. The lowest BCUT2D eigenvalue weighted by molar-refractivity contribution is -0.0254. The number of anilines is 1. The summed E-state index contributed by atoms with van der Waals surface area (Å²) in [6.07, 6.45) is 7.21. The largest absolute Gasteiger partial charge is 0.381 e. The highest BCUT2D eigenvalue weighted by atomic mass is 32.2. The van der Waals surface area contributed by atoms with Crippen LogP contribution in [0.25, 0.3) is 10.9 Å². The van der Waals surface area contributed by atoms with Crippen LogP contribution >= 0.6 is 0 Å². The van der Waals surface area contributed by atoms with Crippen LogP contribution in [0.5, 0.6) is 0 Å². The number of nitrogens with one attached hydrogen (secondary N) is 1. The van der Waals surface area contributed by atoms with Crippen LogP contribution in [0.15, 0.2) is 39.0 Å². The van der Waals surface area contributed by atoms with Gasteiger partial charge in [0.05, 0.1) is 11.5 Å². The Hall–Kier alpha value is -2.90. The van der Waals surface area contributed by atoms with Gasteiger partial charge in [0.25, 0.3) is 17.0 Å². The second-order valence-electron chi connectivity index (χ2n) is 13.5. The van der Waals surface area contributed by atoms with E-state index in [2.05, 4.69) is 15.3 Å². The Labute approximate surface area is 268 Å². The van der Waals surface area contributed by atoms with Gasteiger partial charge in [-0.25, -0.2) is 21.9 Å². The predicted octanol–water partition coefficient (Wildman–Crippen LogP) is 3.99. The lowest BCUT2D eigenvalue weighted by Crippen LogP contribution is -2.49. The zero-order valence-electron chi connectivity index (χ0n) is 26.8. The van der Waals surface area contributed by atoms with Crippen molar-refractivity contribution in [2.45, 2.75) is 82.7 Å². The number of hydrogen-bond acceptors (Lipinski definition) is 8. The molecule has 6 heterocycles. The Morgan fingerprint density at radius 3 is 2.54 bits per heavy atom. The van der Waals surface area contributed by atoms with Crippen molar-refractivity contribution in [1.29, 1.82) is 0 Å². The van der Waals surface area contributed by atoms with Gasteiger partial charge in [-0.05, 0) is 87.5 Å². The number of alkyl halides is 2. The molecule has 5 aliphatic rings. The van der Waals surface area contributed by atoms with Gasteiger partial charge in [-0.2, -0.15) is 5.10 Å². The summed E-state index contributed by atoms with van der Waals surface area (Å²) in [6.45, 7) is 5.36. The standard InChI is InChI=1S/C33H45F2N5O5S/c1-22-25-7-5-8-26(17-25)33(34,35)19-23-20-39(21-23)11-3-4-13-45-14-6-12-40-29-28(30(36-22)37-38(2)32(29)42)18-27(31(40)41)24-9-15-46(43,44)16-10-24/h7,17-18,22-24H,3-6,8-16,19-21H2,1-2H3,(H,36,37)/t22-/m1/s1. The van der Waals surface area contributed by atoms with Crippen molar-refractivity contribution in [3.05, 3.63) is 55.6 Å². The topological polar surface area (TPSA) is 116 Å². The average molecular weight is 662 g/mol. The third-order valence-electron chi connectivity index (χ3n) is 10.0. The van der Waals surface area contributed by atoms with Crippen LogP contribution in [-0.4, -0.2) is 84.0 Å². The quantitative estimate of drug-likeness (QED) is 0.488. The Balaban J connectivity index is 1.40. The maximum Gasteiger partial charge on any atom is 0.291 e.